The van der Waals surface area contributed by atoms with Crippen molar-refractivity contribution in [2.45, 2.75) is 19.4 Å². The number of benzene rings is 1. The normalized spacial score (nSPS) is 17.7. The molecule has 3 rings (SSSR count). The summed E-state index contributed by atoms with van der Waals surface area (Å²) in [5, 5.41) is 0. The Morgan fingerprint density at radius 1 is 1.37 bits per heavy atom. The minimum atomic E-state index is -3.20. The van der Waals surface area contributed by atoms with Gasteiger partial charge in [0, 0.05) is 37.1 Å². The minimum Gasteiger partial charge on any atom is -0.383 e. The van der Waals surface area contributed by atoms with Gasteiger partial charge in [-0.05, 0) is 31.0 Å². The summed E-state index contributed by atoms with van der Waals surface area (Å²) < 4.78 is 33.9. The first-order valence-corrected chi connectivity index (χ1v) is 12.1. The van der Waals surface area contributed by atoms with Crippen molar-refractivity contribution in [3.05, 3.63) is 27.5 Å². The third kappa shape index (κ3) is 4.86. The molecule has 1 saturated heterocycles. The van der Waals surface area contributed by atoms with Gasteiger partial charge in [0.25, 0.3) is 5.91 Å². The molecule has 27 heavy (non-hydrogen) atoms. The predicted molar refractivity (Wildman–Crippen MR) is 109 cm³/mol. The lowest BCUT2D eigenvalue weighted by molar-refractivity contribution is -0.122. The number of ether oxygens (including phenoxy) is 1. The number of fused-ring (bicyclic) bond motifs is 1. The molecule has 1 aliphatic heterocycles. The van der Waals surface area contributed by atoms with Gasteiger partial charge in [-0.2, -0.15) is 4.99 Å². The van der Waals surface area contributed by atoms with Gasteiger partial charge in [-0.1, -0.05) is 27.3 Å². The molecule has 7 nitrogen and oxygen atoms in total. The molecule has 2 heterocycles. The molecule has 0 radical (unpaired) electrons. The average Bonchev–Trinajstić information content (AvgIpc) is 2.95. The van der Waals surface area contributed by atoms with Gasteiger partial charge in [-0.25, -0.2) is 12.7 Å². The first-order valence-electron chi connectivity index (χ1n) is 8.61. The zero-order valence-electron chi connectivity index (χ0n) is 15.2. The van der Waals surface area contributed by atoms with E-state index in [0.717, 1.165) is 14.7 Å². The van der Waals surface area contributed by atoms with Crippen molar-refractivity contribution in [2.75, 3.05) is 33.1 Å². The van der Waals surface area contributed by atoms with E-state index in [1.807, 2.05) is 22.8 Å². The number of carbonyl (C=O) groups is 1. The van der Waals surface area contributed by atoms with Crippen LogP contribution in [0.15, 0.2) is 27.7 Å². The molecule has 0 atom stereocenters. The van der Waals surface area contributed by atoms with Gasteiger partial charge in [0.2, 0.25) is 10.0 Å². The Bertz CT molecular complexity index is 1000. The third-order valence-electron chi connectivity index (χ3n) is 4.64. The van der Waals surface area contributed by atoms with Crippen LogP contribution in [0.25, 0.3) is 10.2 Å². The second-order valence-electron chi connectivity index (χ2n) is 6.53. The Hall–Kier alpha value is -1.07. The Morgan fingerprint density at radius 3 is 2.70 bits per heavy atom. The van der Waals surface area contributed by atoms with Crippen LogP contribution in [0.3, 0.4) is 0 Å². The molecule has 0 bridgehead atoms. The van der Waals surface area contributed by atoms with E-state index >= 15 is 0 Å². The van der Waals surface area contributed by atoms with Crippen LogP contribution in [0.1, 0.15) is 12.8 Å². The Morgan fingerprint density at radius 2 is 2.07 bits per heavy atom. The largest absolute Gasteiger partial charge is 0.383 e. The van der Waals surface area contributed by atoms with E-state index in [1.165, 1.54) is 21.9 Å². The molecule has 2 aromatic rings. The van der Waals surface area contributed by atoms with Crippen molar-refractivity contribution in [3.63, 3.8) is 0 Å². The molecule has 0 spiro atoms. The standard InChI is InChI=1S/C17H22BrN3O4S2/c1-25-10-9-21-14-4-3-13(18)11-15(14)26-17(21)19-16(22)12-5-7-20(8-6-12)27(2,23)24/h3-4,11-12H,5-10H2,1-2H3. The highest BCUT2D eigenvalue weighted by atomic mass is 79.9. The lowest BCUT2D eigenvalue weighted by Crippen LogP contribution is -2.39. The summed E-state index contributed by atoms with van der Waals surface area (Å²) in [4.78, 5) is 17.8. The number of aromatic nitrogens is 1. The number of rotatable bonds is 5. The topological polar surface area (TPSA) is 81.0 Å². The molecular formula is C17H22BrN3O4S2. The summed E-state index contributed by atoms with van der Waals surface area (Å²) >= 11 is 4.94. The van der Waals surface area contributed by atoms with E-state index in [9.17, 15) is 13.2 Å². The number of sulfonamides is 1. The van der Waals surface area contributed by atoms with Crippen LogP contribution in [0.4, 0.5) is 0 Å². The van der Waals surface area contributed by atoms with E-state index in [2.05, 4.69) is 20.9 Å². The van der Waals surface area contributed by atoms with E-state index in [-0.39, 0.29) is 11.8 Å². The second-order valence-corrected chi connectivity index (χ2v) is 10.4. The van der Waals surface area contributed by atoms with E-state index in [1.54, 1.807) is 7.11 Å². The third-order valence-corrected chi connectivity index (χ3v) is 7.48. The number of carbonyl (C=O) groups excluding carboxylic acids is 1. The van der Waals surface area contributed by atoms with Gasteiger partial charge in [0.15, 0.2) is 4.80 Å². The molecule has 148 valence electrons. The van der Waals surface area contributed by atoms with Crippen molar-refractivity contribution >= 4 is 53.4 Å². The summed E-state index contributed by atoms with van der Waals surface area (Å²) in [6, 6.07) is 5.97. The number of methoxy groups -OCH3 is 1. The molecule has 0 unspecified atom stereocenters. The van der Waals surface area contributed by atoms with Crippen molar-refractivity contribution in [1.82, 2.24) is 8.87 Å². The smallest absolute Gasteiger partial charge is 0.251 e. The summed E-state index contributed by atoms with van der Waals surface area (Å²) in [7, 11) is -1.56. The van der Waals surface area contributed by atoms with Crippen molar-refractivity contribution in [3.8, 4) is 0 Å². The molecule has 1 aromatic carbocycles. The minimum absolute atomic E-state index is 0.181. The number of thiazole rings is 1. The van der Waals surface area contributed by atoms with Gasteiger partial charge in [0.1, 0.15) is 0 Å². The van der Waals surface area contributed by atoms with Gasteiger partial charge >= 0.3 is 0 Å². The molecule has 1 aliphatic rings. The van der Waals surface area contributed by atoms with Gasteiger partial charge in [-0.3, -0.25) is 4.79 Å². The Kier molecular flexibility index (Phi) is 6.52. The van der Waals surface area contributed by atoms with Crippen LogP contribution in [0.2, 0.25) is 0 Å². The summed E-state index contributed by atoms with van der Waals surface area (Å²) in [5.74, 6) is -0.421. The molecule has 10 heteroatoms. The zero-order valence-corrected chi connectivity index (χ0v) is 18.4. The summed E-state index contributed by atoms with van der Waals surface area (Å²) in [6.07, 6.45) is 2.21. The summed E-state index contributed by atoms with van der Waals surface area (Å²) in [5.41, 5.74) is 1.01. The van der Waals surface area contributed by atoms with E-state index in [0.29, 0.717) is 43.9 Å². The first-order chi connectivity index (χ1) is 12.8. The number of nitrogens with zero attached hydrogens (tertiary/aromatic N) is 3. The van der Waals surface area contributed by atoms with Gasteiger partial charge < -0.3 is 9.30 Å². The van der Waals surface area contributed by atoms with Crippen LogP contribution >= 0.6 is 27.3 Å². The lowest BCUT2D eigenvalue weighted by Gasteiger charge is -2.28. The fourth-order valence-corrected chi connectivity index (χ4v) is 5.64. The highest BCUT2D eigenvalue weighted by Gasteiger charge is 2.28. The van der Waals surface area contributed by atoms with Crippen molar-refractivity contribution in [1.29, 1.82) is 0 Å². The Balaban J connectivity index is 1.87. The maximum atomic E-state index is 12.7. The number of hydrogen-bond donors (Lipinski definition) is 0. The number of amides is 1. The second kappa shape index (κ2) is 8.52. The van der Waals surface area contributed by atoms with Crippen LogP contribution in [0.5, 0.6) is 0 Å². The molecule has 0 saturated carbocycles. The quantitative estimate of drug-likeness (QED) is 0.663. The maximum Gasteiger partial charge on any atom is 0.251 e. The van der Waals surface area contributed by atoms with Gasteiger partial charge in [0.05, 0.1) is 23.1 Å². The predicted octanol–water partition coefficient (Wildman–Crippen LogP) is 2.21. The first kappa shape index (κ1) is 20.7. The molecule has 1 fully saturated rings. The zero-order chi connectivity index (χ0) is 19.6. The van der Waals surface area contributed by atoms with Crippen LogP contribution < -0.4 is 4.80 Å². The van der Waals surface area contributed by atoms with Gasteiger partial charge in [-0.15, -0.1) is 0 Å². The summed E-state index contributed by atoms with van der Waals surface area (Å²) in [6.45, 7) is 1.87. The highest BCUT2D eigenvalue weighted by Crippen LogP contribution is 2.23. The highest BCUT2D eigenvalue weighted by molar-refractivity contribution is 9.10. The van der Waals surface area contributed by atoms with Crippen LogP contribution in [0, 0.1) is 5.92 Å². The molecular weight excluding hydrogens is 454 g/mol. The number of piperidine rings is 1. The van der Waals surface area contributed by atoms with Crippen LogP contribution in [-0.2, 0) is 26.1 Å². The van der Waals surface area contributed by atoms with E-state index < -0.39 is 10.0 Å². The average molecular weight is 476 g/mol. The SMILES string of the molecule is COCCn1c(=NC(=O)C2CCN(S(C)(=O)=O)CC2)sc2cc(Br)ccc21. The molecule has 1 amide bonds. The number of halogens is 1. The maximum absolute atomic E-state index is 12.7. The van der Waals surface area contributed by atoms with E-state index in [4.69, 9.17) is 4.74 Å². The fourth-order valence-electron chi connectivity index (χ4n) is 3.15. The molecule has 1 aromatic heterocycles. The fraction of sp³-hybridized carbons (Fsp3) is 0.529. The van der Waals surface area contributed by atoms with Crippen LogP contribution in [-0.4, -0.2) is 56.3 Å². The monoisotopic (exact) mass is 475 g/mol. The van der Waals surface area contributed by atoms with Crippen molar-refractivity contribution < 1.29 is 17.9 Å². The molecule has 0 aliphatic carbocycles. The lowest BCUT2D eigenvalue weighted by atomic mass is 9.98. The Labute approximate surface area is 170 Å². The molecule has 0 N–H and O–H groups in total. The van der Waals surface area contributed by atoms with Crippen molar-refractivity contribution in [2.24, 2.45) is 10.9 Å². The number of hydrogen-bond acceptors (Lipinski definition) is 5.